The molecule has 1 fully saturated rings. The number of carboxylic acid groups (broad SMARTS) is 1. The summed E-state index contributed by atoms with van der Waals surface area (Å²) in [5.41, 5.74) is 0. The van der Waals surface area contributed by atoms with Crippen molar-refractivity contribution in [1.29, 1.82) is 0 Å². The average Bonchev–Trinajstić information content (AvgIpc) is 2.89. The molecule has 1 aromatic heterocycles. The average molecular weight is 253 g/mol. The van der Waals surface area contributed by atoms with Crippen molar-refractivity contribution < 1.29 is 23.8 Å². The van der Waals surface area contributed by atoms with Gasteiger partial charge in [-0.2, -0.15) is 0 Å². The second-order valence-corrected chi connectivity index (χ2v) is 4.23. The van der Waals surface area contributed by atoms with E-state index in [-0.39, 0.29) is 12.5 Å². The normalized spacial score (nSPS) is 16.6. The first-order valence-electron chi connectivity index (χ1n) is 5.83. The summed E-state index contributed by atoms with van der Waals surface area (Å²) < 4.78 is 10.1. The summed E-state index contributed by atoms with van der Waals surface area (Å²) in [6.07, 6.45) is 2.05. The Kier molecular flexibility index (Phi) is 3.86. The molecule has 0 aromatic carbocycles. The molecule has 98 valence electrons. The van der Waals surface area contributed by atoms with E-state index in [0.717, 1.165) is 0 Å². The molecule has 2 heterocycles. The fraction of sp³-hybridized carbons (Fsp3) is 0.500. The molecule has 6 heteroatoms. The van der Waals surface area contributed by atoms with E-state index in [1.807, 2.05) is 0 Å². The SMILES string of the molecule is O=C(O)C1CCN(C(=O)OCc2ccco2)CC1. The molecule has 0 saturated carbocycles. The minimum atomic E-state index is -0.793. The highest BCUT2D eigenvalue weighted by atomic mass is 16.6. The van der Waals surface area contributed by atoms with Gasteiger partial charge in [0.25, 0.3) is 0 Å². The van der Waals surface area contributed by atoms with Crippen molar-refractivity contribution in [1.82, 2.24) is 4.90 Å². The van der Waals surface area contributed by atoms with E-state index < -0.39 is 12.1 Å². The van der Waals surface area contributed by atoms with Crippen molar-refractivity contribution in [3.63, 3.8) is 0 Å². The topological polar surface area (TPSA) is 80.0 Å². The molecular weight excluding hydrogens is 238 g/mol. The Bertz CT molecular complexity index is 406. The molecule has 0 bridgehead atoms. The highest BCUT2D eigenvalue weighted by Gasteiger charge is 2.27. The summed E-state index contributed by atoms with van der Waals surface area (Å²) in [4.78, 5) is 24.0. The molecule has 1 saturated heterocycles. The van der Waals surface area contributed by atoms with Gasteiger partial charge >= 0.3 is 12.1 Å². The van der Waals surface area contributed by atoms with Gasteiger partial charge in [0.15, 0.2) is 6.61 Å². The fourth-order valence-corrected chi connectivity index (χ4v) is 1.93. The summed E-state index contributed by atoms with van der Waals surface area (Å²) in [6.45, 7) is 0.951. The number of hydrogen-bond acceptors (Lipinski definition) is 4. The van der Waals surface area contributed by atoms with Gasteiger partial charge in [0.05, 0.1) is 12.2 Å². The third-order valence-electron chi connectivity index (χ3n) is 3.02. The standard InChI is InChI=1S/C12H15NO5/c14-11(15)9-3-5-13(6-4-9)12(16)18-8-10-2-1-7-17-10/h1-2,7,9H,3-6,8H2,(H,14,15). The maximum absolute atomic E-state index is 11.7. The van der Waals surface area contributed by atoms with Crippen LogP contribution in [0.2, 0.25) is 0 Å². The molecule has 0 unspecified atom stereocenters. The number of rotatable bonds is 3. The maximum Gasteiger partial charge on any atom is 0.410 e. The van der Waals surface area contributed by atoms with Gasteiger partial charge in [-0.15, -0.1) is 0 Å². The molecule has 2 rings (SSSR count). The van der Waals surface area contributed by atoms with Crippen LogP contribution < -0.4 is 0 Å². The van der Waals surface area contributed by atoms with E-state index in [1.165, 1.54) is 11.2 Å². The van der Waals surface area contributed by atoms with Crippen LogP contribution in [0.5, 0.6) is 0 Å². The minimum Gasteiger partial charge on any atom is -0.481 e. The lowest BCUT2D eigenvalue weighted by atomic mass is 9.97. The summed E-state index contributed by atoms with van der Waals surface area (Å²) in [5, 5.41) is 8.84. The Morgan fingerprint density at radius 2 is 2.17 bits per heavy atom. The van der Waals surface area contributed by atoms with Gasteiger partial charge in [0.2, 0.25) is 0 Å². The summed E-state index contributed by atoms with van der Waals surface area (Å²) >= 11 is 0. The van der Waals surface area contributed by atoms with Crippen LogP contribution in [-0.4, -0.2) is 35.2 Å². The zero-order chi connectivity index (χ0) is 13.0. The Morgan fingerprint density at radius 1 is 1.44 bits per heavy atom. The van der Waals surface area contributed by atoms with Crippen LogP contribution in [0.4, 0.5) is 4.79 Å². The van der Waals surface area contributed by atoms with Crippen molar-refractivity contribution in [2.24, 2.45) is 5.92 Å². The number of furan rings is 1. The first-order chi connectivity index (χ1) is 8.66. The van der Waals surface area contributed by atoms with Gasteiger partial charge in [-0.25, -0.2) is 4.79 Å². The predicted octanol–water partition coefficient (Wildman–Crippen LogP) is 1.71. The Balaban J connectivity index is 1.75. The van der Waals surface area contributed by atoms with E-state index in [1.54, 1.807) is 12.1 Å². The molecule has 0 spiro atoms. The van der Waals surface area contributed by atoms with E-state index >= 15 is 0 Å². The number of ether oxygens (including phenoxy) is 1. The summed E-state index contributed by atoms with van der Waals surface area (Å²) in [5.74, 6) is -0.554. The van der Waals surface area contributed by atoms with E-state index in [2.05, 4.69) is 0 Å². The van der Waals surface area contributed by atoms with Crippen LogP contribution in [0.3, 0.4) is 0 Å². The molecule has 18 heavy (non-hydrogen) atoms. The van der Waals surface area contributed by atoms with Gasteiger partial charge in [-0.3, -0.25) is 4.79 Å². The molecule has 6 nitrogen and oxygen atoms in total. The molecule has 0 atom stereocenters. The predicted molar refractivity (Wildman–Crippen MR) is 60.8 cm³/mol. The number of aliphatic carboxylic acids is 1. The summed E-state index contributed by atoms with van der Waals surface area (Å²) in [6, 6.07) is 3.45. The van der Waals surface area contributed by atoms with Crippen LogP contribution >= 0.6 is 0 Å². The highest BCUT2D eigenvalue weighted by molar-refractivity contribution is 5.71. The Hall–Kier alpha value is -1.98. The molecule has 1 aliphatic heterocycles. The number of carboxylic acids is 1. The number of nitrogens with zero attached hydrogens (tertiary/aromatic N) is 1. The second-order valence-electron chi connectivity index (χ2n) is 4.23. The summed E-state index contributed by atoms with van der Waals surface area (Å²) in [7, 11) is 0. The number of carbonyl (C=O) groups excluding carboxylic acids is 1. The smallest absolute Gasteiger partial charge is 0.410 e. The molecule has 1 aliphatic rings. The number of carbonyl (C=O) groups is 2. The molecular formula is C12H15NO5. The van der Waals surface area contributed by atoms with Crippen LogP contribution in [0.15, 0.2) is 22.8 Å². The van der Waals surface area contributed by atoms with Crippen molar-refractivity contribution in [3.8, 4) is 0 Å². The van der Waals surface area contributed by atoms with E-state index in [0.29, 0.717) is 31.7 Å². The van der Waals surface area contributed by atoms with Gasteiger partial charge < -0.3 is 19.2 Å². The number of piperidine rings is 1. The van der Waals surface area contributed by atoms with E-state index in [9.17, 15) is 9.59 Å². The van der Waals surface area contributed by atoms with Crippen LogP contribution in [0, 0.1) is 5.92 Å². The lowest BCUT2D eigenvalue weighted by molar-refractivity contribution is -0.143. The van der Waals surface area contributed by atoms with Crippen LogP contribution in [0.1, 0.15) is 18.6 Å². The van der Waals surface area contributed by atoms with Crippen molar-refractivity contribution in [3.05, 3.63) is 24.2 Å². The molecule has 0 radical (unpaired) electrons. The Morgan fingerprint density at radius 3 is 2.72 bits per heavy atom. The maximum atomic E-state index is 11.7. The molecule has 1 N–H and O–H groups in total. The Labute approximate surface area is 104 Å². The van der Waals surface area contributed by atoms with Crippen molar-refractivity contribution in [2.75, 3.05) is 13.1 Å². The van der Waals surface area contributed by atoms with Crippen molar-refractivity contribution in [2.45, 2.75) is 19.4 Å². The molecule has 1 aromatic rings. The lowest BCUT2D eigenvalue weighted by Crippen LogP contribution is -2.40. The van der Waals surface area contributed by atoms with E-state index in [4.69, 9.17) is 14.3 Å². The first-order valence-corrected chi connectivity index (χ1v) is 5.83. The van der Waals surface area contributed by atoms with Crippen LogP contribution in [-0.2, 0) is 16.1 Å². The third-order valence-corrected chi connectivity index (χ3v) is 3.02. The highest BCUT2D eigenvalue weighted by Crippen LogP contribution is 2.18. The van der Waals surface area contributed by atoms with Crippen LogP contribution in [0.25, 0.3) is 0 Å². The largest absolute Gasteiger partial charge is 0.481 e. The lowest BCUT2D eigenvalue weighted by Gasteiger charge is -2.29. The number of amides is 1. The fourth-order valence-electron chi connectivity index (χ4n) is 1.93. The quantitative estimate of drug-likeness (QED) is 0.887. The number of hydrogen-bond donors (Lipinski definition) is 1. The van der Waals surface area contributed by atoms with Gasteiger partial charge in [-0.1, -0.05) is 0 Å². The van der Waals surface area contributed by atoms with Gasteiger partial charge in [-0.05, 0) is 25.0 Å². The minimum absolute atomic E-state index is 0.102. The zero-order valence-electron chi connectivity index (χ0n) is 9.87. The van der Waals surface area contributed by atoms with Crippen molar-refractivity contribution >= 4 is 12.1 Å². The first kappa shape index (κ1) is 12.5. The monoisotopic (exact) mass is 253 g/mol. The van der Waals surface area contributed by atoms with Gasteiger partial charge in [0.1, 0.15) is 5.76 Å². The van der Waals surface area contributed by atoms with Gasteiger partial charge in [0, 0.05) is 13.1 Å². The zero-order valence-corrected chi connectivity index (χ0v) is 9.87. The molecule has 1 amide bonds. The second kappa shape index (κ2) is 5.57. The molecule has 0 aliphatic carbocycles. The number of likely N-dealkylation sites (tertiary alicyclic amines) is 1. The third kappa shape index (κ3) is 3.03.